The third-order valence-electron chi connectivity index (χ3n) is 3.68. The van der Waals surface area contributed by atoms with Gasteiger partial charge in [0.25, 0.3) is 0 Å². The number of rotatable bonds is 9. The smallest absolute Gasteiger partial charge is 0.314 e. The lowest BCUT2D eigenvalue weighted by atomic mass is 10.1. The predicted molar refractivity (Wildman–Crippen MR) is 90.5 cm³/mol. The molecular weight excluding hydrogens is 278 g/mol. The van der Waals surface area contributed by atoms with Gasteiger partial charge in [-0.25, -0.2) is 4.79 Å². The largest absolute Gasteiger partial charge is 0.497 e. The standard InChI is InChI=1S/C17H29N3O2/c1-5-20(14(2)3)13-12-19-17(21)18-11-10-15-6-8-16(22-4)9-7-15/h6-9,14H,5,10-13H2,1-4H3,(H2,18,19,21). The van der Waals surface area contributed by atoms with E-state index in [0.717, 1.165) is 25.3 Å². The third-order valence-corrected chi connectivity index (χ3v) is 3.68. The molecule has 0 aliphatic carbocycles. The molecule has 124 valence electrons. The van der Waals surface area contributed by atoms with Crippen LogP contribution in [0.1, 0.15) is 26.3 Å². The first kappa shape index (κ1) is 18.3. The molecule has 1 aromatic rings. The maximum absolute atomic E-state index is 11.7. The number of carbonyl (C=O) groups is 1. The zero-order chi connectivity index (χ0) is 16.4. The molecule has 0 aliphatic rings. The van der Waals surface area contributed by atoms with Gasteiger partial charge in [0.2, 0.25) is 0 Å². The van der Waals surface area contributed by atoms with Gasteiger partial charge in [-0.3, -0.25) is 4.90 Å². The number of nitrogens with zero attached hydrogens (tertiary/aromatic N) is 1. The van der Waals surface area contributed by atoms with Gasteiger partial charge in [-0.1, -0.05) is 19.1 Å². The van der Waals surface area contributed by atoms with Crippen molar-refractivity contribution < 1.29 is 9.53 Å². The maximum Gasteiger partial charge on any atom is 0.314 e. The fourth-order valence-electron chi connectivity index (χ4n) is 2.27. The van der Waals surface area contributed by atoms with Crippen molar-refractivity contribution >= 4 is 6.03 Å². The first-order valence-electron chi connectivity index (χ1n) is 7.95. The van der Waals surface area contributed by atoms with Crippen LogP contribution in [0.3, 0.4) is 0 Å². The zero-order valence-corrected chi connectivity index (χ0v) is 14.2. The number of amides is 2. The molecule has 0 bridgehead atoms. The van der Waals surface area contributed by atoms with Crippen molar-refractivity contribution in [1.29, 1.82) is 0 Å². The molecule has 5 heteroatoms. The number of ether oxygens (including phenoxy) is 1. The van der Waals surface area contributed by atoms with Gasteiger partial charge in [-0.2, -0.15) is 0 Å². The van der Waals surface area contributed by atoms with E-state index < -0.39 is 0 Å². The summed E-state index contributed by atoms with van der Waals surface area (Å²) >= 11 is 0. The molecule has 0 fully saturated rings. The summed E-state index contributed by atoms with van der Waals surface area (Å²) in [5, 5.41) is 5.78. The lowest BCUT2D eigenvalue weighted by Crippen LogP contribution is -2.42. The number of likely N-dealkylation sites (N-methyl/N-ethyl adjacent to an activating group) is 1. The van der Waals surface area contributed by atoms with Crippen molar-refractivity contribution in [2.45, 2.75) is 33.2 Å². The Morgan fingerprint density at radius 2 is 1.82 bits per heavy atom. The minimum absolute atomic E-state index is 0.103. The summed E-state index contributed by atoms with van der Waals surface area (Å²) in [6.07, 6.45) is 0.810. The monoisotopic (exact) mass is 307 g/mol. The Morgan fingerprint density at radius 3 is 2.36 bits per heavy atom. The molecule has 0 unspecified atom stereocenters. The van der Waals surface area contributed by atoms with Crippen molar-refractivity contribution in [3.05, 3.63) is 29.8 Å². The molecular formula is C17H29N3O2. The van der Waals surface area contributed by atoms with Crippen molar-refractivity contribution in [3.8, 4) is 5.75 Å². The Bertz CT molecular complexity index is 432. The molecule has 0 saturated carbocycles. The minimum atomic E-state index is -0.103. The van der Waals surface area contributed by atoms with E-state index >= 15 is 0 Å². The average Bonchev–Trinajstić information content (AvgIpc) is 2.52. The number of methoxy groups -OCH3 is 1. The Balaban J connectivity index is 2.17. The molecule has 0 radical (unpaired) electrons. The van der Waals surface area contributed by atoms with Crippen LogP contribution in [0.2, 0.25) is 0 Å². The Labute approximate surface area is 134 Å². The summed E-state index contributed by atoms with van der Waals surface area (Å²) in [5.41, 5.74) is 1.18. The second-order valence-electron chi connectivity index (χ2n) is 5.50. The average molecular weight is 307 g/mol. The zero-order valence-electron chi connectivity index (χ0n) is 14.2. The van der Waals surface area contributed by atoms with Crippen molar-refractivity contribution in [2.75, 3.05) is 33.3 Å². The molecule has 0 aromatic heterocycles. The molecule has 5 nitrogen and oxygen atoms in total. The van der Waals surface area contributed by atoms with Crippen LogP contribution in [0.4, 0.5) is 4.79 Å². The molecule has 1 aromatic carbocycles. The van der Waals surface area contributed by atoms with Crippen LogP contribution < -0.4 is 15.4 Å². The van der Waals surface area contributed by atoms with Gasteiger partial charge in [0.15, 0.2) is 0 Å². The van der Waals surface area contributed by atoms with Gasteiger partial charge in [0, 0.05) is 25.7 Å². The third kappa shape index (κ3) is 6.80. The van der Waals surface area contributed by atoms with E-state index in [1.807, 2.05) is 24.3 Å². The van der Waals surface area contributed by atoms with E-state index in [1.165, 1.54) is 5.56 Å². The van der Waals surface area contributed by atoms with Crippen LogP contribution >= 0.6 is 0 Å². The highest BCUT2D eigenvalue weighted by atomic mass is 16.5. The second-order valence-corrected chi connectivity index (χ2v) is 5.50. The van der Waals surface area contributed by atoms with Crippen molar-refractivity contribution in [1.82, 2.24) is 15.5 Å². The first-order valence-corrected chi connectivity index (χ1v) is 7.95. The number of carbonyl (C=O) groups excluding carboxylic acids is 1. The summed E-state index contributed by atoms with van der Waals surface area (Å²) in [6.45, 7) is 9.63. The van der Waals surface area contributed by atoms with Crippen LogP contribution in [0.15, 0.2) is 24.3 Å². The van der Waals surface area contributed by atoms with Gasteiger partial charge >= 0.3 is 6.03 Å². The quantitative estimate of drug-likeness (QED) is 0.736. The fourth-order valence-corrected chi connectivity index (χ4v) is 2.27. The molecule has 0 aliphatic heterocycles. The van der Waals surface area contributed by atoms with Crippen molar-refractivity contribution in [2.24, 2.45) is 0 Å². The summed E-state index contributed by atoms with van der Waals surface area (Å²) in [7, 11) is 1.65. The first-order chi connectivity index (χ1) is 10.6. The molecule has 2 N–H and O–H groups in total. The molecule has 0 spiro atoms. The molecule has 0 atom stereocenters. The summed E-state index contributed by atoms with van der Waals surface area (Å²) in [6, 6.07) is 8.29. The molecule has 1 rings (SSSR count). The highest BCUT2D eigenvalue weighted by Crippen LogP contribution is 2.11. The topological polar surface area (TPSA) is 53.6 Å². The van der Waals surface area contributed by atoms with Gasteiger partial charge in [0.1, 0.15) is 5.75 Å². The molecule has 0 heterocycles. The van der Waals surface area contributed by atoms with E-state index in [1.54, 1.807) is 7.11 Å². The summed E-state index contributed by atoms with van der Waals surface area (Å²) in [4.78, 5) is 14.0. The highest BCUT2D eigenvalue weighted by molar-refractivity contribution is 5.73. The molecule has 2 amide bonds. The number of hydrogen-bond acceptors (Lipinski definition) is 3. The van der Waals surface area contributed by atoms with Gasteiger partial charge in [0.05, 0.1) is 7.11 Å². The fraction of sp³-hybridized carbons (Fsp3) is 0.588. The van der Waals surface area contributed by atoms with Crippen LogP contribution in [-0.2, 0) is 6.42 Å². The predicted octanol–water partition coefficient (Wildman–Crippen LogP) is 2.27. The summed E-state index contributed by atoms with van der Waals surface area (Å²) in [5.74, 6) is 0.847. The van der Waals surface area contributed by atoms with Gasteiger partial charge in [-0.05, 0) is 44.5 Å². The van der Waals surface area contributed by atoms with Crippen molar-refractivity contribution in [3.63, 3.8) is 0 Å². The Kier molecular flexibility index (Phi) is 8.36. The Hall–Kier alpha value is -1.75. The van der Waals surface area contributed by atoms with E-state index in [0.29, 0.717) is 19.1 Å². The van der Waals surface area contributed by atoms with Gasteiger partial charge < -0.3 is 15.4 Å². The lowest BCUT2D eigenvalue weighted by molar-refractivity contribution is 0.222. The van der Waals surface area contributed by atoms with Crippen LogP contribution in [0.25, 0.3) is 0 Å². The SMILES string of the molecule is CCN(CCNC(=O)NCCc1ccc(OC)cc1)C(C)C. The lowest BCUT2D eigenvalue weighted by Gasteiger charge is -2.24. The normalized spacial score (nSPS) is 10.8. The maximum atomic E-state index is 11.7. The number of benzene rings is 1. The number of urea groups is 1. The molecule has 22 heavy (non-hydrogen) atoms. The van der Waals surface area contributed by atoms with Crippen LogP contribution in [0.5, 0.6) is 5.75 Å². The van der Waals surface area contributed by atoms with E-state index in [-0.39, 0.29) is 6.03 Å². The summed E-state index contributed by atoms with van der Waals surface area (Å²) < 4.78 is 5.12. The minimum Gasteiger partial charge on any atom is -0.497 e. The van der Waals surface area contributed by atoms with E-state index in [9.17, 15) is 4.79 Å². The van der Waals surface area contributed by atoms with Gasteiger partial charge in [-0.15, -0.1) is 0 Å². The van der Waals surface area contributed by atoms with Crippen LogP contribution in [0, 0.1) is 0 Å². The number of nitrogens with one attached hydrogen (secondary N) is 2. The van der Waals surface area contributed by atoms with Crippen LogP contribution in [-0.4, -0.2) is 50.3 Å². The Morgan fingerprint density at radius 1 is 1.18 bits per heavy atom. The molecule has 0 saturated heterocycles. The number of hydrogen-bond donors (Lipinski definition) is 2. The van der Waals surface area contributed by atoms with E-state index in [4.69, 9.17) is 4.74 Å². The van der Waals surface area contributed by atoms with E-state index in [2.05, 4.69) is 36.3 Å². The second kappa shape index (κ2) is 10.1. The highest BCUT2D eigenvalue weighted by Gasteiger charge is 2.07.